The molecule has 5 nitrogen and oxygen atoms in total. The van der Waals surface area contributed by atoms with Crippen molar-refractivity contribution in [3.8, 4) is 0 Å². The number of carbonyl (C=O) groups is 1. The van der Waals surface area contributed by atoms with Crippen LogP contribution in [0.3, 0.4) is 0 Å². The van der Waals surface area contributed by atoms with Crippen LogP contribution in [-0.4, -0.2) is 47.5 Å². The standard InChI is InChI=1S/C13H20N4O/c1-10(7-14)8-17-9-12(16(2)13(17)18)11-3-5-15-6-4-11/h3-6,10,12H,7-9,14H2,1-2H3. The van der Waals surface area contributed by atoms with Crippen LogP contribution in [0.25, 0.3) is 0 Å². The van der Waals surface area contributed by atoms with E-state index >= 15 is 0 Å². The summed E-state index contributed by atoms with van der Waals surface area (Å²) in [7, 11) is 1.85. The Morgan fingerprint density at radius 3 is 2.78 bits per heavy atom. The molecule has 5 heteroatoms. The summed E-state index contributed by atoms with van der Waals surface area (Å²) in [6, 6.07) is 4.12. The molecule has 0 bridgehead atoms. The number of pyridine rings is 1. The number of amides is 2. The summed E-state index contributed by atoms with van der Waals surface area (Å²) in [5.74, 6) is 0.332. The average molecular weight is 248 g/mol. The SMILES string of the molecule is CC(CN)CN1CC(c2ccncc2)N(C)C1=O. The van der Waals surface area contributed by atoms with Crippen molar-refractivity contribution in [2.45, 2.75) is 13.0 Å². The number of urea groups is 1. The number of carbonyl (C=O) groups excluding carboxylic acids is 1. The molecule has 98 valence electrons. The highest BCUT2D eigenvalue weighted by molar-refractivity contribution is 5.77. The number of rotatable bonds is 4. The van der Waals surface area contributed by atoms with Crippen molar-refractivity contribution < 1.29 is 4.79 Å². The average Bonchev–Trinajstić information content (AvgIpc) is 2.68. The molecule has 1 aliphatic heterocycles. The number of hydrogen-bond acceptors (Lipinski definition) is 3. The van der Waals surface area contributed by atoms with Crippen molar-refractivity contribution in [2.75, 3.05) is 26.7 Å². The molecule has 2 N–H and O–H groups in total. The second kappa shape index (κ2) is 5.35. The van der Waals surface area contributed by atoms with Gasteiger partial charge in [-0.05, 0) is 30.2 Å². The van der Waals surface area contributed by atoms with Gasteiger partial charge in [-0.15, -0.1) is 0 Å². The largest absolute Gasteiger partial charge is 0.330 e. The maximum Gasteiger partial charge on any atom is 0.320 e. The molecule has 1 saturated heterocycles. The summed E-state index contributed by atoms with van der Waals surface area (Å²) in [4.78, 5) is 19.8. The van der Waals surface area contributed by atoms with Crippen molar-refractivity contribution in [2.24, 2.45) is 11.7 Å². The Kier molecular flexibility index (Phi) is 3.81. The minimum Gasteiger partial charge on any atom is -0.330 e. The van der Waals surface area contributed by atoms with Gasteiger partial charge in [-0.1, -0.05) is 6.92 Å². The van der Waals surface area contributed by atoms with Crippen LogP contribution in [0, 0.1) is 5.92 Å². The molecule has 2 heterocycles. The highest BCUT2D eigenvalue weighted by atomic mass is 16.2. The number of likely N-dealkylation sites (N-methyl/N-ethyl adjacent to an activating group) is 1. The first-order valence-electron chi connectivity index (χ1n) is 6.25. The molecule has 2 atom stereocenters. The number of nitrogens with zero attached hydrogens (tertiary/aromatic N) is 3. The molecular formula is C13H20N4O. The molecule has 2 amide bonds. The normalized spacial score (nSPS) is 21.5. The fourth-order valence-corrected chi connectivity index (χ4v) is 2.28. The van der Waals surface area contributed by atoms with Gasteiger partial charge >= 0.3 is 6.03 Å². The monoisotopic (exact) mass is 248 g/mol. The number of aromatic nitrogens is 1. The van der Waals surface area contributed by atoms with Crippen molar-refractivity contribution in [3.63, 3.8) is 0 Å². The minimum atomic E-state index is 0.0807. The van der Waals surface area contributed by atoms with Crippen molar-refractivity contribution >= 4 is 6.03 Å². The third kappa shape index (κ3) is 2.46. The predicted molar refractivity (Wildman–Crippen MR) is 69.9 cm³/mol. The highest BCUT2D eigenvalue weighted by Crippen LogP contribution is 2.27. The zero-order valence-corrected chi connectivity index (χ0v) is 10.9. The lowest BCUT2D eigenvalue weighted by Gasteiger charge is -2.19. The smallest absolute Gasteiger partial charge is 0.320 e. The van der Waals surface area contributed by atoms with Gasteiger partial charge in [0, 0.05) is 32.5 Å². The lowest BCUT2D eigenvalue weighted by Crippen LogP contribution is -2.34. The van der Waals surface area contributed by atoms with Gasteiger partial charge in [0.25, 0.3) is 0 Å². The molecular weight excluding hydrogens is 228 g/mol. The molecule has 0 spiro atoms. The maximum absolute atomic E-state index is 12.1. The van der Waals surface area contributed by atoms with Crippen molar-refractivity contribution in [1.82, 2.24) is 14.8 Å². The van der Waals surface area contributed by atoms with E-state index in [9.17, 15) is 4.79 Å². The van der Waals surface area contributed by atoms with Crippen LogP contribution in [0.4, 0.5) is 4.79 Å². The van der Waals surface area contributed by atoms with E-state index in [-0.39, 0.29) is 12.1 Å². The van der Waals surface area contributed by atoms with Crippen LogP contribution < -0.4 is 5.73 Å². The Bertz CT molecular complexity index is 409. The molecule has 0 aromatic carbocycles. The molecule has 0 aliphatic carbocycles. The number of hydrogen-bond donors (Lipinski definition) is 1. The van der Waals surface area contributed by atoms with E-state index in [0.717, 1.165) is 18.7 Å². The van der Waals surface area contributed by atoms with Gasteiger partial charge in [-0.3, -0.25) is 4.98 Å². The van der Waals surface area contributed by atoms with E-state index in [2.05, 4.69) is 11.9 Å². The summed E-state index contributed by atoms with van der Waals surface area (Å²) in [5.41, 5.74) is 6.74. The first kappa shape index (κ1) is 12.8. The van der Waals surface area contributed by atoms with E-state index in [1.165, 1.54) is 0 Å². The third-order valence-electron chi connectivity index (χ3n) is 3.46. The Morgan fingerprint density at radius 2 is 2.17 bits per heavy atom. The summed E-state index contributed by atoms with van der Waals surface area (Å²) < 4.78 is 0. The third-order valence-corrected chi connectivity index (χ3v) is 3.46. The van der Waals surface area contributed by atoms with Gasteiger partial charge in [0.05, 0.1) is 6.04 Å². The Labute approximate surface area is 108 Å². The summed E-state index contributed by atoms with van der Waals surface area (Å²) in [5, 5.41) is 0. The lowest BCUT2D eigenvalue weighted by atomic mass is 10.1. The maximum atomic E-state index is 12.1. The molecule has 18 heavy (non-hydrogen) atoms. The Balaban J connectivity index is 2.10. The second-order valence-corrected chi connectivity index (χ2v) is 4.94. The molecule has 2 rings (SSSR count). The second-order valence-electron chi connectivity index (χ2n) is 4.94. The van der Waals surface area contributed by atoms with Gasteiger partial charge < -0.3 is 15.5 Å². The summed E-state index contributed by atoms with van der Waals surface area (Å²) in [6.45, 7) is 4.12. The van der Waals surface area contributed by atoms with Crippen molar-refractivity contribution in [1.29, 1.82) is 0 Å². The summed E-state index contributed by atoms with van der Waals surface area (Å²) >= 11 is 0. The minimum absolute atomic E-state index is 0.0807. The van der Waals surface area contributed by atoms with Crippen LogP contribution >= 0.6 is 0 Å². The predicted octanol–water partition coefficient (Wildman–Crippen LogP) is 1.08. The molecule has 1 aliphatic rings. The first-order valence-corrected chi connectivity index (χ1v) is 6.25. The van der Waals surface area contributed by atoms with Gasteiger partial charge in [0.15, 0.2) is 0 Å². The summed E-state index contributed by atoms with van der Waals surface area (Å²) in [6.07, 6.45) is 3.53. The highest BCUT2D eigenvalue weighted by Gasteiger charge is 2.35. The molecule has 1 fully saturated rings. The molecule has 1 aromatic rings. The van der Waals surface area contributed by atoms with Crippen molar-refractivity contribution in [3.05, 3.63) is 30.1 Å². The van der Waals surface area contributed by atoms with E-state index in [0.29, 0.717) is 12.5 Å². The topological polar surface area (TPSA) is 62.5 Å². The van der Waals surface area contributed by atoms with E-state index in [4.69, 9.17) is 5.73 Å². The number of nitrogens with two attached hydrogens (primary N) is 1. The van der Waals surface area contributed by atoms with Gasteiger partial charge in [-0.25, -0.2) is 4.79 Å². The Hall–Kier alpha value is -1.62. The molecule has 2 unspecified atom stereocenters. The zero-order chi connectivity index (χ0) is 13.1. The van der Waals surface area contributed by atoms with Gasteiger partial charge in [0.1, 0.15) is 0 Å². The first-order chi connectivity index (χ1) is 8.63. The molecule has 0 radical (unpaired) electrons. The fourth-order valence-electron chi connectivity index (χ4n) is 2.28. The van der Waals surface area contributed by atoms with Gasteiger partial charge in [-0.2, -0.15) is 0 Å². The Morgan fingerprint density at radius 1 is 1.50 bits per heavy atom. The van der Waals surface area contributed by atoms with Crippen LogP contribution in [0.5, 0.6) is 0 Å². The van der Waals surface area contributed by atoms with Crippen LogP contribution in [0.15, 0.2) is 24.5 Å². The molecule has 0 saturated carbocycles. The molecule has 1 aromatic heterocycles. The van der Waals surface area contributed by atoms with Gasteiger partial charge in [0.2, 0.25) is 0 Å². The zero-order valence-electron chi connectivity index (χ0n) is 10.9. The lowest BCUT2D eigenvalue weighted by molar-refractivity contribution is 0.191. The van der Waals surface area contributed by atoms with Crippen LogP contribution in [-0.2, 0) is 0 Å². The van der Waals surface area contributed by atoms with Crippen LogP contribution in [0.2, 0.25) is 0 Å². The quantitative estimate of drug-likeness (QED) is 0.867. The fraction of sp³-hybridized carbons (Fsp3) is 0.538. The van der Waals surface area contributed by atoms with E-state index in [1.54, 1.807) is 17.3 Å². The van der Waals surface area contributed by atoms with E-state index in [1.807, 2.05) is 24.1 Å². The van der Waals surface area contributed by atoms with E-state index < -0.39 is 0 Å². The van der Waals surface area contributed by atoms with Crippen LogP contribution in [0.1, 0.15) is 18.5 Å².